The van der Waals surface area contributed by atoms with Crippen LogP contribution in [-0.4, -0.2) is 26.7 Å². The summed E-state index contributed by atoms with van der Waals surface area (Å²) in [5.41, 5.74) is 0. The third-order valence-corrected chi connectivity index (χ3v) is 3.55. The van der Waals surface area contributed by atoms with Crippen LogP contribution in [0.5, 0.6) is 0 Å². The van der Waals surface area contributed by atoms with Crippen molar-refractivity contribution in [2.24, 2.45) is 0 Å². The summed E-state index contributed by atoms with van der Waals surface area (Å²) in [5.74, 6) is 1.70. The fraction of sp³-hybridized carbons (Fsp3) is 0.727. The van der Waals surface area contributed by atoms with Gasteiger partial charge in [0.05, 0.1) is 0 Å². The Morgan fingerprint density at radius 3 is 2.88 bits per heavy atom. The Hall–Kier alpha value is -1.17. The van der Waals surface area contributed by atoms with Gasteiger partial charge >= 0.3 is 0 Å². The van der Waals surface area contributed by atoms with Gasteiger partial charge in [-0.15, -0.1) is 0 Å². The van der Waals surface area contributed by atoms with Crippen molar-refractivity contribution < 1.29 is 4.79 Å². The van der Waals surface area contributed by atoms with Gasteiger partial charge in [0.25, 0.3) is 0 Å². The lowest BCUT2D eigenvalue weighted by atomic mass is 10.3. The second kappa shape index (κ2) is 4.25. The van der Waals surface area contributed by atoms with Crippen LogP contribution in [0.4, 0.5) is 0 Å². The third kappa shape index (κ3) is 2.57. The summed E-state index contributed by atoms with van der Waals surface area (Å²) in [6, 6.07) is 0.433. The zero-order valence-corrected chi connectivity index (χ0v) is 10.4. The molecule has 0 saturated heterocycles. The highest BCUT2D eigenvalue weighted by molar-refractivity contribution is 7.71. The fourth-order valence-corrected chi connectivity index (χ4v) is 2.17. The number of amides is 1. The van der Waals surface area contributed by atoms with Gasteiger partial charge in [-0.2, -0.15) is 5.10 Å². The van der Waals surface area contributed by atoms with Gasteiger partial charge in [0.2, 0.25) is 5.91 Å². The molecule has 3 rings (SSSR count). The summed E-state index contributed by atoms with van der Waals surface area (Å²) in [6.45, 7) is 0.639. The van der Waals surface area contributed by atoms with Gasteiger partial charge in [0, 0.05) is 24.9 Å². The van der Waals surface area contributed by atoms with E-state index in [4.69, 9.17) is 12.2 Å². The van der Waals surface area contributed by atoms with Crippen molar-refractivity contribution in [1.29, 1.82) is 0 Å². The Morgan fingerprint density at radius 1 is 1.47 bits per heavy atom. The number of aromatic nitrogens is 3. The molecule has 2 saturated carbocycles. The Labute approximate surface area is 105 Å². The van der Waals surface area contributed by atoms with Crippen molar-refractivity contribution in [3.05, 3.63) is 10.6 Å². The quantitative estimate of drug-likeness (QED) is 0.780. The first-order chi connectivity index (χ1) is 8.24. The Bertz CT molecular complexity index is 484. The first kappa shape index (κ1) is 11.0. The molecule has 1 heterocycles. The van der Waals surface area contributed by atoms with Crippen LogP contribution in [0.25, 0.3) is 0 Å². The first-order valence-electron chi connectivity index (χ1n) is 6.18. The molecule has 2 aliphatic rings. The molecule has 92 valence electrons. The number of rotatable bonds is 5. The summed E-state index contributed by atoms with van der Waals surface area (Å²) >= 11 is 5.19. The lowest BCUT2D eigenvalue weighted by Crippen LogP contribution is -2.26. The van der Waals surface area contributed by atoms with Crippen LogP contribution < -0.4 is 5.32 Å². The molecule has 0 spiro atoms. The average Bonchev–Trinajstić information content (AvgIpc) is 3.18. The van der Waals surface area contributed by atoms with Gasteiger partial charge in [-0.3, -0.25) is 9.89 Å². The van der Waals surface area contributed by atoms with Gasteiger partial charge < -0.3 is 9.88 Å². The molecule has 1 aromatic heterocycles. The van der Waals surface area contributed by atoms with Crippen LogP contribution in [0.15, 0.2) is 0 Å². The molecule has 5 nitrogen and oxygen atoms in total. The molecule has 17 heavy (non-hydrogen) atoms. The predicted octanol–water partition coefficient (Wildman–Crippen LogP) is 1.49. The van der Waals surface area contributed by atoms with Crippen molar-refractivity contribution in [3.8, 4) is 0 Å². The minimum atomic E-state index is 0.123. The van der Waals surface area contributed by atoms with E-state index in [2.05, 4.69) is 15.5 Å². The van der Waals surface area contributed by atoms with Gasteiger partial charge in [-0.1, -0.05) is 0 Å². The van der Waals surface area contributed by atoms with Crippen LogP contribution >= 0.6 is 12.2 Å². The van der Waals surface area contributed by atoms with Crippen molar-refractivity contribution in [2.45, 2.75) is 50.6 Å². The molecule has 6 heteroatoms. The van der Waals surface area contributed by atoms with Gasteiger partial charge in [0.1, 0.15) is 5.82 Å². The number of hydrogen-bond acceptors (Lipinski definition) is 3. The third-order valence-electron chi connectivity index (χ3n) is 3.24. The van der Waals surface area contributed by atoms with E-state index in [-0.39, 0.29) is 5.91 Å². The van der Waals surface area contributed by atoms with Crippen molar-refractivity contribution in [3.63, 3.8) is 0 Å². The van der Waals surface area contributed by atoms with Crippen molar-refractivity contribution >= 4 is 18.1 Å². The summed E-state index contributed by atoms with van der Waals surface area (Å²) in [4.78, 5) is 11.6. The number of carbonyl (C=O) groups is 1. The van der Waals surface area contributed by atoms with E-state index in [1.165, 1.54) is 12.8 Å². The van der Waals surface area contributed by atoms with E-state index >= 15 is 0 Å². The lowest BCUT2D eigenvalue weighted by Gasteiger charge is -2.06. The standard InChI is InChI=1S/C11H16N4OS/c16-9(12-8-3-4-8)5-6-15-10(7-1-2-7)13-14-11(15)17/h7-8H,1-6H2,(H,12,16)(H,14,17). The molecule has 0 unspecified atom stereocenters. The minimum Gasteiger partial charge on any atom is -0.353 e. The molecule has 2 fully saturated rings. The number of carbonyl (C=O) groups excluding carboxylic acids is 1. The van der Waals surface area contributed by atoms with E-state index in [9.17, 15) is 4.79 Å². The van der Waals surface area contributed by atoms with Gasteiger partial charge in [-0.05, 0) is 37.9 Å². The number of nitrogens with zero attached hydrogens (tertiary/aromatic N) is 2. The molecular formula is C11H16N4OS. The SMILES string of the molecule is O=C(CCn1c(C2CC2)n[nH]c1=S)NC1CC1. The van der Waals surface area contributed by atoms with E-state index in [0.717, 1.165) is 18.7 Å². The fourth-order valence-electron chi connectivity index (χ4n) is 1.94. The maximum absolute atomic E-state index is 11.6. The number of aromatic amines is 1. The Kier molecular flexibility index (Phi) is 2.74. The number of hydrogen-bond donors (Lipinski definition) is 2. The highest BCUT2D eigenvalue weighted by atomic mass is 32.1. The van der Waals surface area contributed by atoms with Crippen LogP contribution in [0, 0.1) is 4.77 Å². The van der Waals surface area contributed by atoms with Crippen LogP contribution in [-0.2, 0) is 11.3 Å². The maximum Gasteiger partial charge on any atom is 0.222 e. The molecule has 1 aromatic rings. The normalized spacial score (nSPS) is 19.3. The molecule has 0 atom stereocenters. The molecule has 0 aromatic carbocycles. The molecule has 0 radical (unpaired) electrons. The van der Waals surface area contributed by atoms with E-state index in [1.807, 2.05) is 4.57 Å². The summed E-state index contributed by atoms with van der Waals surface area (Å²) in [5, 5.41) is 10.0. The number of H-pyrrole nitrogens is 1. The summed E-state index contributed by atoms with van der Waals surface area (Å²) < 4.78 is 2.60. The lowest BCUT2D eigenvalue weighted by molar-refractivity contribution is -0.121. The van der Waals surface area contributed by atoms with Crippen molar-refractivity contribution in [2.75, 3.05) is 0 Å². The molecule has 2 N–H and O–H groups in total. The predicted molar refractivity (Wildman–Crippen MR) is 65.2 cm³/mol. The highest BCUT2D eigenvalue weighted by Crippen LogP contribution is 2.38. The second-order valence-electron chi connectivity index (χ2n) is 4.90. The number of nitrogens with one attached hydrogen (secondary N) is 2. The second-order valence-corrected chi connectivity index (χ2v) is 5.29. The molecule has 0 bridgehead atoms. The zero-order chi connectivity index (χ0) is 11.8. The topological polar surface area (TPSA) is 62.7 Å². The minimum absolute atomic E-state index is 0.123. The summed E-state index contributed by atoms with van der Waals surface area (Å²) in [6.07, 6.45) is 5.13. The highest BCUT2D eigenvalue weighted by Gasteiger charge is 2.29. The molecular weight excluding hydrogens is 236 g/mol. The first-order valence-corrected chi connectivity index (χ1v) is 6.59. The monoisotopic (exact) mass is 252 g/mol. The largest absolute Gasteiger partial charge is 0.353 e. The van der Waals surface area contributed by atoms with E-state index in [1.54, 1.807) is 0 Å². The average molecular weight is 252 g/mol. The van der Waals surface area contributed by atoms with Gasteiger partial charge in [-0.25, -0.2) is 0 Å². The van der Waals surface area contributed by atoms with Crippen LogP contribution in [0.2, 0.25) is 0 Å². The maximum atomic E-state index is 11.6. The van der Waals surface area contributed by atoms with Crippen molar-refractivity contribution in [1.82, 2.24) is 20.1 Å². The Balaban J connectivity index is 1.61. The van der Waals surface area contributed by atoms with E-state index < -0.39 is 0 Å². The zero-order valence-electron chi connectivity index (χ0n) is 9.61. The Morgan fingerprint density at radius 2 is 2.24 bits per heavy atom. The molecule has 1 amide bonds. The molecule has 2 aliphatic carbocycles. The van der Waals surface area contributed by atoms with Crippen LogP contribution in [0.1, 0.15) is 43.8 Å². The van der Waals surface area contributed by atoms with Gasteiger partial charge in [0.15, 0.2) is 4.77 Å². The van der Waals surface area contributed by atoms with E-state index in [0.29, 0.717) is 29.7 Å². The summed E-state index contributed by atoms with van der Waals surface area (Å²) in [7, 11) is 0. The molecule has 0 aliphatic heterocycles. The van der Waals surface area contributed by atoms with Crippen LogP contribution in [0.3, 0.4) is 0 Å². The smallest absolute Gasteiger partial charge is 0.222 e.